The molecule has 0 saturated heterocycles. The zero-order valence-corrected chi connectivity index (χ0v) is 16.7. The topological polar surface area (TPSA) is 69.0 Å². The first-order valence-corrected chi connectivity index (χ1v) is 9.72. The lowest BCUT2D eigenvalue weighted by Gasteiger charge is -2.14. The van der Waals surface area contributed by atoms with Crippen LogP contribution in [0.25, 0.3) is 0 Å². The molecule has 1 heterocycles. The van der Waals surface area contributed by atoms with E-state index in [1.54, 1.807) is 0 Å². The Labute approximate surface area is 167 Å². The average Bonchev–Trinajstić information content (AvgIpc) is 3.02. The van der Waals surface area contributed by atoms with Crippen molar-refractivity contribution in [3.05, 3.63) is 65.7 Å². The molecule has 28 heavy (non-hydrogen) atoms. The number of anilines is 1. The summed E-state index contributed by atoms with van der Waals surface area (Å²) in [6.07, 6.45) is -0.290. The highest BCUT2D eigenvalue weighted by Gasteiger charge is 2.18. The summed E-state index contributed by atoms with van der Waals surface area (Å²) in [4.78, 5) is 12.1. The largest absolute Gasteiger partial charge is 0.483 e. The van der Waals surface area contributed by atoms with E-state index in [1.165, 1.54) is 36.0 Å². The molecule has 0 aliphatic rings. The van der Waals surface area contributed by atoms with Crippen LogP contribution in [0, 0.1) is 12.7 Å². The summed E-state index contributed by atoms with van der Waals surface area (Å²) >= 11 is 1.27. The Kier molecular flexibility index (Phi) is 6.30. The molecule has 1 aromatic heterocycles. The van der Waals surface area contributed by atoms with Crippen molar-refractivity contribution in [1.82, 2.24) is 14.8 Å². The van der Waals surface area contributed by atoms with Crippen molar-refractivity contribution in [2.75, 3.05) is 11.1 Å². The standard InChI is InChI=1S/C20H21FN4O2S/c1-13-5-4-6-17(11-13)27-14(2)19-23-24-20(25(19)3)28-12-18(26)22-16-9-7-15(21)8-10-16/h4-11,14H,12H2,1-3H3,(H,22,26). The molecule has 0 saturated carbocycles. The van der Waals surface area contributed by atoms with E-state index in [9.17, 15) is 9.18 Å². The number of nitrogens with zero attached hydrogens (tertiary/aromatic N) is 3. The molecule has 0 aliphatic carbocycles. The first-order chi connectivity index (χ1) is 13.4. The minimum Gasteiger partial charge on any atom is -0.483 e. The molecule has 8 heteroatoms. The van der Waals surface area contributed by atoms with Gasteiger partial charge >= 0.3 is 0 Å². The van der Waals surface area contributed by atoms with Crippen LogP contribution in [0.5, 0.6) is 5.75 Å². The Morgan fingerprint density at radius 3 is 2.71 bits per heavy atom. The zero-order valence-electron chi connectivity index (χ0n) is 15.8. The van der Waals surface area contributed by atoms with Crippen molar-refractivity contribution in [2.24, 2.45) is 7.05 Å². The van der Waals surface area contributed by atoms with Crippen molar-refractivity contribution in [2.45, 2.75) is 25.1 Å². The van der Waals surface area contributed by atoms with E-state index >= 15 is 0 Å². The third-order valence-electron chi connectivity index (χ3n) is 3.99. The third-order valence-corrected chi connectivity index (χ3v) is 5.02. The quantitative estimate of drug-likeness (QED) is 0.604. The number of carbonyl (C=O) groups excluding carboxylic acids is 1. The number of hydrogen-bond acceptors (Lipinski definition) is 5. The van der Waals surface area contributed by atoms with Crippen LogP contribution in [0.4, 0.5) is 10.1 Å². The lowest BCUT2D eigenvalue weighted by molar-refractivity contribution is -0.113. The van der Waals surface area contributed by atoms with Crippen LogP contribution >= 0.6 is 11.8 Å². The number of benzene rings is 2. The molecule has 6 nitrogen and oxygen atoms in total. The van der Waals surface area contributed by atoms with E-state index < -0.39 is 0 Å². The summed E-state index contributed by atoms with van der Waals surface area (Å²) in [5.74, 6) is 1.05. The molecule has 0 spiro atoms. The van der Waals surface area contributed by atoms with Crippen LogP contribution in [-0.2, 0) is 11.8 Å². The Morgan fingerprint density at radius 2 is 2.00 bits per heavy atom. The van der Waals surface area contributed by atoms with Crippen molar-refractivity contribution < 1.29 is 13.9 Å². The lowest BCUT2D eigenvalue weighted by Crippen LogP contribution is -2.14. The first-order valence-electron chi connectivity index (χ1n) is 8.73. The average molecular weight is 400 g/mol. The SMILES string of the molecule is Cc1cccc(OC(C)c2nnc(SCC(=O)Nc3ccc(F)cc3)n2C)c1. The summed E-state index contributed by atoms with van der Waals surface area (Å²) in [5, 5.41) is 11.7. The van der Waals surface area contributed by atoms with Gasteiger partial charge in [-0.2, -0.15) is 0 Å². The van der Waals surface area contributed by atoms with Crippen LogP contribution in [0.2, 0.25) is 0 Å². The number of aromatic nitrogens is 3. The fourth-order valence-electron chi connectivity index (χ4n) is 2.61. The molecule has 146 valence electrons. The Morgan fingerprint density at radius 1 is 1.25 bits per heavy atom. The normalized spacial score (nSPS) is 11.9. The Bertz CT molecular complexity index is 959. The van der Waals surface area contributed by atoms with Gasteiger partial charge in [0.1, 0.15) is 11.6 Å². The van der Waals surface area contributed by atoms with Gasteiger partial charge in [0.05, 0.1) is 5.75 Å². The molecule has 0 aliphatic heterocycles. The summed E-state index contributed by atoms with van der Waals surface area (Å²) in [7, 11) is 1.84. The molecule has 1 atom stereocenters. The predicted octanol–water partition coefficient (Wildman–Crippen LogP) is 4.13. The van der Waals surface area contributed by atoms with E-state index in [4.69, 9.17) is 4.74 Å². The van der Waals surface area contributed by atoms with E-state index in [0.29, 0.717) is 16.7 Å². The minimum atomic E-state index is -0.346. The second-order valence-electron chi connectivity index (χ2n) is 6.32. The molecule has 2 aromatic carbocycles. The minimum absolute atomic E-state index is 0.163. The molecule has 1 amide bonds. The molecule has 0 fully saturated rings. The fraction of sp³-hybridized carbons (Fsp3) is 0.250. The summed E-state index contributed by atoms with van der Waals surface area (Å²) in [5.41, 5.74) is 1.66. The molecule has 3 aromatic rings. The fourth-order valence-corrected chi connectivity index (χ4v) is 3.33. The van der Waals surface area contributed by atoms with Crippen LogP contribution in [0.15, 0.2) is 53.7 Å². The summed E-state index contributed by atoms with van der Waals surface area (Å²) in [6.45, 7) is 3.91. The van der Waals surface area contributed by atoms with Crippen molar-refractivity contribution in [1.29, 1.82) is 0 Å². The molecule has 1 N–H and O–H groups in total. The molecule has 3 rings (SSSR count). The second-order valence-corrected chi connectivity index (χ2v) is 7.26. The maximum atomic E-state index is 12.9. The van der Waals surface area contributed by atoms with Gasteiger partial charge in [-0.05, 0) is 55.8 Å². The lowest BCUT2D eigenvalue weighted by atomic mass is 10.2. The molecule has 0 bridgehead atoms. The van der Waals surface area contributed by atoms with Gasteiger partial charge < -0.3 is 14.6 Å². The van der Waals surface area contributed by atoms with Crippen molar-refractivity contribution in [3.63, 3.8) is 0 Å². The molecular formula is C20H21FN4O2S. The summed E-state index contributed by atoms with van der Waals surface area (Å²) < 4.78 is 20.7. The Balaban J connectivity index is 1.57. The predicted molar refractivity (Wildman–Crippen MR) is 107 cm³/mol. The zero-order chi connectivity index (χ0) is 20.1. The van der Waals surface area contributed by atoms with Gasteiger partial charge in [0.15, 0.2) is 17.1 Å². The first kappa shape index (κ1) is 19.9. The summed E-state index contributed by atoms with van der Waals surface area (Å²) in [6, 6.07) is 13.4. The van der Waals surface area contributed by atoms with Gasteiger partial charge in [-0.15, -0.1) is 10.2 Å². The maximum Gasteiger partial charge on any atom is 0.234 e. The number of aryl methyl sites for hydroxylation is 1. The number of ether oxygens (including phenoxy) is 1. The van der Waals surface area contributed by atoms with Gasteiger partial charge in [0.2, 0.25) is 5.91 Å². The number of carbonyl (C=O) groups is 1. The van der Waals surface area contributed by atoms with Crippen molar-refractivity contribution >= 4 is 23.4 Å². The van der Waals surface area contributed by atoms with E-state index in [2.05, 4.69) is 15.5 Å². The maximum absolute atomic E-state index is 12.9. The van der Waals surface area contributed by atoms with E-state index in [0.717, 1.165) is 11.3 Å². The van der Waals surface area contributed by atoms with E-state index in [1.807, 2.05) is 49.7 Å². The highest BCUT2D eigenvalue weighted by atomic mass is 32.2. The van der Waals surface area contributed by atoms with Gasteiger partial charge in [-0.3, -0.25) is 4.79 Å². The van der Waals surface area contributed by atoms with Gasteiger partial charge in [-0.1, -0.05) is 23.9 Å². The van der Waals surface area contributed by atoms with Crippen LogP contribution in [-0.4, -0.2) is 26.4 Å². The monoisotopic (exact) mass is 400 g/mol. The number of amides is 1. The van der Waals surface area contributed by atoms with E-state index in [-0.39, 0.29) is 23.6 Å². The second kappa shape index (κ2) is 8.88. The van der Waals surface area contributed by atoms with Crippen LogP contribution < -0.4 is 10.1 Å². The van der Waals surface area contributed by atoms with Gasteiger partial charge in [0, 0.05) is 12.7 Å². The third kappa shape index (κ3) is 5.10. The molecular weight excluding hydrogens is 379 g/mol. The number of rotatable bonds is 7. The number of halogens is 1. The highest BCUT2D eigenvalue weighted by Crippen LogP contribution is 2.24. The van der Waals surface area contributed by atoms with Gasteiger partial charge in [0.25, 0.3) is 0 Å². The Hall–Kier alpha value is -2.87. The molecule has 1 unspecified atom stereocenters. The molecule has 0 radical (unpaired) electrons. The smallest absolute Gasteiger partial charge is 0.234 e. The number of thioether (sulfide) groups is 1. The highest BCUT2D eigenvalue weighted by molar-refractivity contribution is 7.99. The van der Waals surface area contributed by atoms with Crippen LogP contribution in [0.1, 0.15) is 24.4 Å². The number of hydrogen-bond donors (Lipinski definition) is 1. The van der Waals surface area contributed by atoms with Crippen LogP contribution in [0.3, 0.4) is 0 Å². The van der Waals surface area contributed by atoms with Crippen molar-refractivity contribution in [3.8, 4) is 5.75 Å². The van der Waals surface area contributed by atoms with Gasteiger partial charge in [-0.25, -0.2) is 4.39 Å². The number of nitrogens with one attached hydrogen (secondary N) is 1.